The van der Waals surface area contributed by atoms with Crippen LogP contribution >= 0.6 is 0 Å². The fraction of sp³-hybridized carbons (Fsp3) is 0.600. The van der Waals surface area contributed by atoms with E-state index in [1.807, 2.05) is 6.92 Å². The maximum atomic E-state index is 13.3. The van der Waals surface area contributed by atoms with Gasteiger partial charge in [0.25, 0.3) is 0 Å². The van der Waals surface area contributed by atoms with Crippen LogP contribution in [0.25, 0.3) is 0 Å². The van der Waals surface area contributed by atoms with Crippen molar-refractivity contribution in [2.24, 2.45) is 17.3 Å². The Hall–Kier alpha value is -1.88. The number of amides is 1. The van der Waals surface area contributed by atoms with E-state index in [2.05, 4.69) is 0 Å². The van der Waals surface area contributed by atoms with Crippen molar-refractivity contribution in [3.05, 3.63) is 35.8 Å². The van der Waals surface area contributed by atoms with Crippen LogP contribution in [0.1, 0.15) is 50.7 Å². The third kappa shape index (κ3) is 3.17. The molecule has 3 rings (SSSR count). The van der Waals surface area contributed by atoms with Crippen LogP contribution in [0, 0.1) is 17.3 Å². The van der Waals surface area contributed by atoms with Gasteiger partial charge in [0.1, 0.15) is 0 Å². The number of carbonyl (C=O) groups excluding carboxylic acids is 2. The summed E-state index contributed by atoms with van der Waals surface area (Å²) < 4.78 is 5.09. The van der Waals surface area contributed by atoms with E-state index in [-0.39, 0.29) is 23.5 Å². The van der Waals surface area contributed by atoms with Gasteiger partial charge < -0.3 is 14.4 Å². The van der Waals surface area contributed by atoms with Gasteiger partial charge in [0.2, 0.25) is 5.91 Å². The number of carbonyl (C=O) groups is 2. The van der Waals surface area contributed by atoms with E-state index < -0.39 is 11.5 Å². The predicted octanol–water partition coefficient (Wildman–Crippen LogP) is 3.11. The Labute approximate surface area is 148 Å². The van der Waals surface area contributed by atoms with Gasteiger partial charge in [0.05, 0.1) is 24.0 Å². The molecule has 0 radical (unpaired) electrons. The summed E-state index contributed by atoms with van der Waals surface area (Å²) in [7, 11) is 3.51. The maximum Gasteiger partial charge on any atom is 0.228 e. The monoisotopic (exact) mass is 345 g/mol. The quantitative estimate of drug-likeness (QED) is 0.910. The molecule has 1 aromatic rings. The van der Waals surface area contributed by atoms with Crippen LogP contribution in [0.3, 0.4) is 0 Å². The largest absolute Gasteiger partial charge is 0.472 e. The molecule has 0 spiro atoms. The van der Waals surface area contributed by atoms with Gasteiger partial charge in [-0.25, -0.2) is 0 Å². The topological polar surface area (TPSA) is 70.7 Å². The Balaban J connectivity index is 2.00. The molecule has 5 heteroatoms. The molecule has 2 aliphatic carbocycles. The molecule has 1 saturated carbocycles. The number of aliphatic hydroxyl groups excluding tert-OH is 1. The van der Waals surface area contributed by atoms with Gasteiger partial charge in [0.15, 0.2) is 5.78 Å². The number of hydrogen-bond donors (Lipinski definition) is 1. The summed E-state index contributed by atoms with van der Waals surface area (Å²) in [4.78, 5) is 27.1. The molecule has 2 aliphatic rings. The zero-order chi connectivity index (χ0) is 18.2. The highest BCUT2D eigenvalue weighted by Crippen LogP contribution is 2.54. The molecule has 4 unspecified atom stereocenters. The lowest BCUT2D eigenvalue weighted by Gasteiger charge is -2.50. The molecule has 1 N–H and O–H groups in total. The first-order chi connectivity index (χ1) is 11.8. The van der Waals surface area contributed by atoms with Crippen molar-refractivity contribution < 1.29 is 19.1 Å². The molecule has 5 nitrogen and oxygen atoms in total. The normalized spacial score (nSPS) is 30.4. The molecule has 25 heavy (non-hydrogen) atoms. The lowest BCUT2D eigenvalue weighted by molar-refractivity contribution is -0.152. The van der Waals surface area contributed by atoms with Crippen molar-refractivity contribution in [2.45, 2.75) is 45.1 Å². The molecule has 1 heterocycles. The minimum atomic E-state index is -0.775. The number of rotatable bonds is 4. The molecule has 0 bridgehead atoms. The molecular formula is C20H27NO4. The van der Waals surface area contributed by atoms with E-state index in [1.165, 1.54) is 12.5 Å². The highest BCUT2D eigenvalue weighted by atomic mass is 16.3. The SMILES string of the molecule is CC1=CC(=O)CC2C1CCCC2(CC(O)c1ccoc1)C(=O)N(C)C. The van der Waals surface area contributed by atoms with Crippen LogP contribution < -0.4 is 0 Å². The van der Waals surface area contributed by atoms with E-state index in [0.717, 1.165) is 18.4 Å². The molecular weight excluding hydrogens is 318 g/mol. The third-order valence-electron chi connectivity index (χ3n) is 6.05. The Bertz CT molecular complexity index is 676. The van der Waals surface area contributed by atoms with Gasteiger partial charge in [-0.3, -0.25) is 9.59 Å². The third-order valence-corrected chi connectivity index (χ3v) is 6.05. The van der Waals surface area contributed by atoms with Crippen LogP contribution in [-0.4, -0.2) is 35.8 Å². The van der Waals surface area contributed by atoms with Crippen LogP contribution in [-0.2, 0) is 9.59 Å². The summed E-state index contributed by atoms with van der Waals surface area (Å²) in [5.74, 6) is 0.309. The van der Waals surface area contributed by atoms with Gasteiger partial charge >= 0.3 is 0 Å². The summed E-state index contributed by atoms with van der Waals surface area (Å²) in [6, 6.07) is 1.73. The minimum absolute atomic E-state index is 0.0206. The highest BCUT2D eigenvalue weighted by molar-refractivity contribution is 5.93. The first-order valence-electron chi connectivity index (χ1n) is 8.98. The van der Waals surface area contributed by atoms with E-state index >= 15 is 0 Å². The van der Waals surface area contributed by atoms with Crippen molar-refractivity contribution in [1.29, 1.82) is 0 Å². The highest BCUT2D eigenvalue weighted by Gasteiger charge is 2.53. The van der Waals surface area contributed by atoms with Crippen molar-refractivity contribution in [3.63, 3.8) is 0 Å². The number of allylic oxidation sites excluding steroid dienone is 2. The van der Waals surface area contributed by atoms with Crippen LogP contribution in [0.15, 0.2) is 34.7 Å². The van der Waals surface area contributed by atoms with E-state index in [0.29, 0.717) is 24.8 Å². The number of nitrogens with zero attached hydrogens (tertiary/aromatic N) is 1. The van der Waals surface area contributed by atoms with Crippen molar-refractivity contribution >= 4 is 11.7 Å². The average molecular weight is 345 g/mol. The number of fused-ring (bicyclic) bond motifs is 1. The van der Waals surface area contributed by atoms with Crippen LogP contribution in [0.4, 0.5) is 0 Å². The van der Waals surface area contributed by atoms with E-state index in [4.69, 9.17) is 4.42 Å². The minimum Gasteiger partial charge on any atom is -0.472 e. The van der Waals surface area contributed by atoms with Crippen LogP contribution in [0.5, 0.6) is 0 Å². The van der Waals surface area contributed by atoms with Gasteiger partial charge in [-0.1, -0.05) is 12.0 Å². The second kappa shape index (κ2) is 6.79. The summed E-state index contributed by atoms with van der Waals surface area (Å²) in [6.45, 7) is 2.00. The van der Waals surface area contributed by atoms with Gasteiger partial charge in [-0.05, 0) is 50.2 Å². The number of ketones is 1. The molecule has 0 aliphatic heterocycles. The Morgan fingerprint density at radius 1 is 1.48 bits per heavy atom. The Morgan fingerprint density at radius 3 is 2.88 bits per heavy atom. The second-order valence-electron chi connectivity index (χ2n) is 7.80. The van der Waals surface area contributed by atoms with Crippen molar-refractivity contribution in [1.82, 2.24) is 4.90 Å². The van der Waals surface area contributed by atoms with E-state index in [9.17, 15) is 14.7 Å². The fourth-order valence-electron chi connectivity index (χ4n) is 4.91. The standard InChI is InChI=1S/C20H27NO4/c1-13-9-15(22)10-17-16(13)5-4-7-20(17,19(24)21(2)3)11-18(23)14-6-8-25-12-14/h6,8-9,12,16-18,23H,4-5,7,10-11H2,1-3H3. The summed E-state index contributed by atoms with van der Waals surface area (Å²) in [6.07, 6.45) is 7.37. The molecule has 136 valence electrons. The van der Waals surface area contributed by atoms with Crippen LogP contribution in [0.2, 0.25) is 0 Å². The summed E-state index contributed by atoms with van der Waals surface area (Å²) >= 11 is 0. The molecule has 1 fully saturated rings. The molecule has 1 amide bonds. The van der Waals surface area contributed by atoms with Crippen molar-refractivity contribution in [2.75, 3.05) is 14.1 Å². The summed E-state index contributed by atoms with van der Waals surface area (Å²) in [5.41, 5.74) is 1.05. The Morgan fingerprint density at radius 2 is 2.24 bits per heavy atom. The lowest BCUT2D eigenvalue weighted by Crippen LogP contribution is -2.52. The number of hydrogen-bond acceptors (Lipinski definition) is 4. The number of furan rings is 1. The Kier molecular flexibility index (Phi) is 4.87. The number of aliphatic hydroxyl groups is 1. The average Bonchev–Trinajstić information content (AvgIpc) is 3.09. The first kappa shape index (κ1) is 17.9. The van der Waals surface area contributed by atoms with E-state index in [1.54, 1.807) is 31.1 Å². The molecule has 0 aromatic carbocycles. The maximum absolute atomic E-state index is 13.3. The second-order valence-corrected chi connectivity index (χ2v) is 7.80. The fourth-order valence-corrected chi connectivity index (χ4v) is 4.91. The van der Waals surface area contributed by atoms with Gasteiger partial charge in [-0.2, -0.15) is 0 Å². The smallest absolute Gasteiger partial charge is 0.228 e. The van der Waals surface area contributed by atoms with Crippen molar-refractivity contribution in [3.8, 4) is 0 Å². The first-order valence-corrected chi connectivity index (χ1v) is 8.98. The molecule has 4 atom stereocenters. The van der Waals surface area contributed by atoms with Gasteiger partial charge in [-0.15, -0.1) is 0 Å². The zero-order valence-corrected chi connectivity index (χ0v) is 15.2. The molecule has 0 saturated heterocycles. The predicted molar refractivity (Wildman–Crippen MR) is 93.6 cm³/mol. The van der Waals surface area contributed by atoms with Gasteiger partial charge in [0, 0.05) is 26.1 Å². The zero-order valence-electron chi connectivity index (χ0n) is 15.2. The molecule has 1 aromatic heterocycles. The summed E-state index contributed by atoms with van der Waals surface area (Å²) in [5, 5.41) is 10.7. The lowest BCUT2D eigenvalue weighted by atomic mass is 9.54.